The lowest BCUT2D eigenvalue weighted by molar-refractivity contribution is -0.137. The molecule has 2 aromatic carbocycles. The molecule has 0 aliphatic carbocycles. The van der Waals surface area contributed by atoms with Gasteiger partial charge in [0.15, 0.2) is 0 Å². The van der Waals surface area contributed by atoms with Crippen LogP contribution in [-0.2, 0) is 17.5 Å². The van der Waals surface area contributed by atoms with Crippen LogP contribution >= 0.6 is 0 Å². The number of halogens is 3. The SMILES string of the molecule is Cc1ncc(NC(=O)c2cc(N3CCOCC3)cc(C(F)(F)F)c2)cc1C(=O)Nc1ccc(OCc2ccccn2)cc1. The van der Waals surface area contributed by atoms with Gasteiger partial charge in [0.05, 0.1) is 47.6 Å². The zero-order chi connectivity index (χ0) is 30.4. The topological polar surface area (TPSA) is 106 Å². The summed E-state index contributed by atoms with van der Waals surface area (Å²) < 4.78 is 52.0. The Morgan fingerprint density at radius 2 is 1.67 bits per heavy atom. The maximum atomic E-state index is 13.7. The number of amides is 2. The van der Waals surface area contributed by atoms with E-state index in [0.29, 0.717) is 50.0 Å². The third-order valence-electron chi connectivity index (χ3n) is 6.70. The van der Waals surface area contributed by atoms with Crippen molar-refractivity contribution in [2.45, 2.75) is 19.7 Å². The first-order valence-corrected chi connectivity index (χ1v) is 13.4. The molecule has 1 aliphatic heterocycles. The van der Waals surface area contributed by atoms with Crippen molar-refractivity contribution < 1.29 is 32.2 Å². The van der Waals surface area contributed by atoms with Crippen molar-refractivity contribution in [2.24, 2.45) is 0 Å². The van der Waals surface area contributed by atoms with Crippen LogP contribution in [0.1, 0.15) is 37.7 Å². The van der Waals surface area contributed by atoms with Crippen molar-refractivity contribution in [1.29, 1.82) is 0 Å². The van der Waals surface area contributed by atoms with Crippen molar-refractivity contribution in [3.8, 4) is 5.75 Å². The van der Waals surface area contributed by atoms with Gasteiger partial charge in [-0.05, 0) is 67.6 Å². The number of hydrogen-bond acceptors (Lipinski definition) is 7. The van der Waals surface area contributed by atoms with E-state index in [1.54, 1.807) is 42.3 Å². The summed E-state index contributed by atoms with van der Waals surface area (Å²) in [6.45, 7) is 3.50. The molecule has 0 spiro atoms. The lowest BCUT2D eigenvalue weighted by Crippen LogP contribution is -2.36. The van der Waals surface area contributed by atoms with E-state index in [0.717, 1.165) is 17.8 Å². The number of hydrogen-bond donors (Lipinski definition) is 2. The van der Waals surface area contributed by atoms with Crippen LogP contribution < -0.4 is 20.3 Å². The highest BCUT2D eigenvalue weighted by molar-refractivity contribution is 6.08. The van der Waals surface area contributed by atoms with Crippen molar-refractivity contribution in [3.63, 3.8) is 0 Å². The molecule has 1 saturated heterocycles. The van der Waals surface area contributed by atoms with Crippen LogP contribution in [-0.4, -0.2) is 48.1 Å². The van der Waals surface area contributed by atoms with Crippen LogP contribution in [0, 0.1) is 6.92 Å². The van der Waals surface area contributed by atoms with Gasteiger partial charge in [-0.15, -0.1) is 0 Å². The van der Waals surface area contributed by atoms with Gasteiger partial charge in [-0.1, -0.05) is 6.07 Å². The highest BCUT2D eigenvalue weighted by Crippen LogP contribution is 2.33. The molecule has 12 heteroatoms. The van der Waals surface area contributed by atoms with Gasteiger partial charge in [-0.2, -0.15) is 13.2 Å². The first-order chi connectivity index (χ1) is 20.7. The molecule has 0 unspecified atom stereocenters. The predicted octanol–water partition coefficient (Wildman–Crippen LogP) is 5.72. The van der Waals surface area contributed by atoms with E-state index in [9.17, 15) is 22.8 Å². The molecule has 9 nitrogen and oxygen atoms in total. The minimum absolute atomic E-state index is 0.157. The van der Waals surface area contributed by atoms with Crippen LogP contribution in [0.25, 0.3) is 0 Å². The van der Waals surface area contributed by atoms with Gasteiger partial charge >= 0.3 is 6.18 Å². The molecule has 222 valence electrons. The first kappa shape index (κ1) is 29.5. The third kappa shape index (κ3) is 7.66. The van der Waals surface area contributed by atoms with Crippen molar-refractivity contribution >= 4 is 28.9 Å². The normalized spacial score (nSPS) is 13.3. The summed E-state index contributed by atoms with van der Waals surface area (Å²) in [4.78, 5) is 36.3. The lowest BCUT2D eigenvalue weighted by atomic mass is 10.1. The monoisotopic (exact) mass is 591 g/mol. The lowest BCUT2D eigenvalue weighted by Gasteiger charge is -2.29. The number of nitrogens with one attached hydrogen (secondary N) is 2. The Hall–Kier alpha value is -4.97. The molecule has 4 aromatic rings. The highest BCUT2D eigenvalue weighted by atomic mass is 19.4. The Balaban J connectivity index is 1.27. The molecule has 0 radical (unpaired) electrons. The Morgan fingerprint density at radius 1 is 0.930 bits per heavy atom. The molecule has 2 N–H and O–H groups in total. The highest BCUT2D eigenvalue weighted by Gasteiger charge is 2.32. The Labute approximate surface area is 245 Å². The fraction of sp³-hybridized carbons (Fsp3) is 0.226. The van der Waals surface area contributed by atoms with Crippen LogP contribution in [0.4, 0.5) is 30.2 Å². The fourth-order valence-corrected chi connectivity index (χ4v) is 4.42. The van der Waals surface area contributed by atoms with E-state index >= 15 is 0 Å². The molecular formula is C31H28F3N5O4. The van der Waals surface area contributed by atoms with Gasteiger partial charge in [0.2, 0.25) is 0 Å². The second kappa shape index (κ2) is 12.9. The summed E-state index contributed by atoms with van der Waals surface area (Å²) in [7, 11) is 0. The zero-order valence-corrected chi connectivity index (χ0v) is 23.1. The number of pyridine rings is 2. The fourth-order valence-electron chi connectivity index (χ4n) is 4.42. The number of anilines is 3. The van der Waals surface area contributed by atoms with Crippen LogP contribution in [0.5, 0.6) is 5.75 Å². The van der Waals surface area contributed by atoms with E-state index in [1.807, 2.05) is 18.2 Å². The number of morpholine rings is 1. The number of rotatable bonds is 8. The molecule has 3 heterocycles. The number of carbonyl (C=O) groups is 2. The Bertz CT molecular complexity index is 1590. The van der Waals surface area contributed by atoms with Gasteiger partial charge in [0.1, 0.15) is 12.4 Å². The van der Waals surface area contributed by atoms with E-state index in [-0.39, 0.29) is 22.5 Å². The molecular weight excluding hydrogens is 563 g/mol. The van der Waals surface area contributed by atoms with Crippen LogP contribution in [0.3, 0.4) is 0 Å². The standard InChI is InChI=1S/C31H28F3N5O4/c1-20-28(30(41)37-23-5-7-27(8-6-23)43-19-24-4-2-3-9-35-24)17-25(18-36-20)38-29(40)21-14-22(31(32,33)34)16-26(15-21)39-10-12-42-13-11-39/h2-9,14-18H,10-13,19H2,1H3,(H,37,41)(H,38,40). The number of carbonyl (C=O) groups excluding carboxylic acids is 2. The average Bonchev–Trinajstić information content (AvgIpc) is 3.02. The van der Waals surface area contributed by atoms with Crippen LogP contribution in [0.2, 0.25) is 0 Å². The molecule has 5 rings (SSSR count). The number of alkyl halides is 3. The second-order valence-corrected chi connectivity index (χ2v) is 9.77. The smallest absolute Gasteiger partial charge is 0.416 e. The number of ether oxygens (including phenoxy) is 2. The van der Waals surface area contributed by atoms with Crippen molar-refractivity contribution in [3.05, 3.63) is 107 Å². The Kier molecular flexibility index (Phi) is 8.86. The summed E-state index contributed by atoms with van der Waals surface area (Å²) in [6.07, 6.45) is -1.62. The van der Waals surface area contributed by atoms with Crippen molar-refractivity contribution in [2.75, 3.05) is 41.8 Å². The number of benzene rings is 2. The summed E-state index contributed by atoms with van der Waals surface area (Å²) in [5.41, 5.74) is 1.20. The zero-order valence-electron chi connectivity index (χ0n) is 23.1. The maximum absolute atomic E-state index is 13.7. The molecule has 0 saturated carbocycles. The molecule has 1 aliphatic rings. The minimum Gasteiger partial charge on any atom is -0.487 e. The minimum atomic E-state index is -4.64. The molecule has 0 bridgehead atoms. The van der Waals surface area contributed by atoms with Gasteiger partial charge < -0.3 is 25.0 Å². The van der Waals surface area contributed by atoms with E-state index in [4.69, 9.17) is 9.47 Å². The van der Waals surface area contributed by atoms with E-state index in [2.05, 4.69) is 20.6 Å². The van der Waals surface area contributed by atoms with Crippen LogP contribution in [0.15, 0.2) is 79.1 Å². The van der Waals surface area contributed by atoms with Gasteiger partial charge in [0, 0.05) is 36.2 Å². The summed E-state index contributed by atoms with van der Waals surface area (Å²) in [5.74, 6) is -0.645. The van der Waals surface area contributed by atoms with Gasteiger partial charge in [-0.25, -0.2) is 0 Å². The number of aromatic nitrogens is 2. The maximum Gasteiger partial charge on any atom is 0.416 e. The molecule has 0 atom stereocenters. The van der Waals surface area contributed by atoms with E-state index in [1.165, 1.54) is 18.3 Å². The first-order valence-electron chi connectivity index (χ1n) is 13.4. The summed E-state index contributed by atoms with van der Waals surface area (Å²) in [6, 6.07) is 17.0. The largest absolute Gasteiger partial charge is 0.487 e. The number of aryl methyl sites for hydroxylation is 1. The predicted molar refractivity (Wildman–Crippen MR) is 154 cm³/mol. The average molecular weight is 592 g/mol. The third-order valence-corrected chi connectivity index (χ3v) is 6.70. The molecule has 2 aromatic heterocycles. The molecule has 43 heavy (non-hydrogen) atoms. The van der Waals surface area contributed by atoms with E-state index < -0.39 is 23.6 Å². The molecule has 2 amide bonds. The number of nitrogens with zero attached hydrogens (tertiary/aromatic N) is 3. The van der Waals surface area contributed by atoms with Gasteiger partial charge in [-0.3, -0.25) is 19.6 Å². The second-order valence-electron chi connectivity index (χ2n) is 9.77. The quantitative estimate of drug-likeness (QED) is 0.270. The Morgan fingerprint density at radius 3 is 2.37 bits per heavy atom. The summed E-state index contributed by atoms with van der Waals surface area (Å²) in [5, 5.41) is 5.35. The molecule has 1 fully saturated rings. The summed E-state index contributed by atoms with van der Waals surface area (Å²) >= 11 is 0. The van der Waals surface area contributed by atoms with Crippen molar-refractivity contribution in [1.82, 2.24) is 9.97 Å². The van der Waals surface area contributed by atoms with Gasteiger partial charge in [0.25, 0.3) is 11.8 Å².